The number of benzene rings is 3. The Bertz CT molecular complexity index is 1610. The minimum atomic E-state index is 0. The maximum atomic E-state index is 2.60. The molecule has 1 aliphatic heterocycles. The molecule has 0 bridgehead atoms. The fourth-order valence-electron chi connectivity index (χ4n) is 7.29. The molecule has 1 atom stereocenters. The van der Waals surface area contributed by atoms with Gasteiger partial charge in [-0.3, -0.25) is 9.80 Å². The van der Waals surface area contributed by atoms with E-state index in [1.54, 1.807) is 0 Å². The summed E-state index contributed by atoms with van der Waals surface area (Å²) in [4.78, 5) is 4.05. The first kappa shape index (κ1) is 35.4. The average Bonchev–Trinajstić information content (AvgIpc) is 3.48. The summed E-state index contributed by atoms with van der Waals surface area (Å²) < 4.78 is 4.71. The normalized spacial score (nSPS) is 14.8. The Kier molecular flexibility index (Phi) is 11.2. The number of nitrogens with one attached hydrogen (secondary N) is 1. The van der Waals surface area contributed by atoms with Crippen LogP contribution in [-0.4, -0.2) is 11.2 Å². The summed E-state index contributed by atoms with van der Waals surface area (Å²) in [5.41, 5.74) is 17.7. The van der Waals surface area contributed by atoms with Gasteiger partial charge in [0.1, 0.15) is 41.7 Å². The Labute approximate surface area is 278 Å². The maximum Gasteiger partial charge on any atom is 0.249 e. The van der Waals surface area contributed by atoms with Gasteiger partial charge in [-0.1, -0.05) is 81.3 Å². The summed E-state index contributed by atoms with van der Waals surface area (Å²) in [5, 5.41) is 0. The molecule has 4 nitrogen and oxygen atoms in total. The van der Waals surface area contributed by atoms with Gasteiger partial charge in [-0.25, -0.2) is 9.13 Å². The van der Waals surface area contributed by atoms with Crippen LogP contribution in [0.3, 0.4) is 0 Å². The Morgan fingerprint density at radius 2 is 1.23 bits per heavy atom. The van der Waals surface area contributed by atoms with Gasteiger partial charge in [0.15, 0.2) is 6.67 Å². The van der Waals surface area contributed by atoms with E-state index in [9.17, 15) is 0 Å². The average molecular weight is 634 g/mol. The molecule has 4 aromatic rings. The SMILES string of the molecule is CC1=C(C[n+]2ccn(-c3c(C(C)C)cccc3C(C)C)c2)N(c2c(C)cc(C)cc2C)C[NH+]1c1c(C)cc(C)cc1C.[Cl-].[Cl-]. The minimum absolute atomic E-state index is 0. The lowest BCUT2D eigenvalue weighted by Crippen LogP contribution is -3.05. The maximum absolute atomic E-state index is 2.60. The molecule has 0 aliphatic carbocycles. The van der Waals surface area contributed by atoms with E-state index in [2.05, 4.69) is 151 Å². The number of aryl methyl sites for hydroxylation is 6. The molecule has 1 unspecified atom stereocenters. The van der Waals surface area contributed by atoms with E-state index in [1.807, 2.05) is 0 Å². The van der Waals surface area contributed by atoms with Crippen LogP contribution in [0, 0.1) is 41.5 Å². The van der Waals surface area contributed by atoms with Gasteiger partial charge in [-0.15, -0.1) is 0 Å². The summed E-state index contributed by atoms with van der Waals surface area (Å²) in [7, 11) is 0. The van der Waals surface area contributed by atoms with Crippen molar-refractivity contribution in [1.82, 2.24) is 4.57 Å². The van der Waals surface area contributed by atoms with Gasteiger partial charge in [0, 0.05) is 29.2 Å². The summed E-state index contributed by atoms with van der Waals surface area (Å²) in [6.07, 6.45) is 6.78. The number of hydrogen-bond donors (Lipinski definition) is 1. The first-order valence-corrected chi connectivity index (χ1v) is 15.6. The third kappa shape index (κ3) is 6.63. The van der Waals surface area contributed by atoms with Crippen LogP contribution in [0.2, 0.25) is 0 Å². The number of imidazole rings is 1. The zero-order valence-electron chi connectivity index (χ0n) is 28.4. The highest BCUT2D eigenvalue weighted by molar-refractivity contribution is 5.64. The van der Waals surface area contributed by atoms with Crippen molar-refractivity contribution >= 4 is 11.4 Å². The highest BCUT2D eigenvalue weighted by atomic mass is 35.5. The van der Waals surface area contributed by atoms with Crippen LogP contribution in [-0.2, 0) is 6.54 Å². The zero-order chi connectivity index (χ0) is 30.5. The number of aromatic nitrogens is 2. The number of para-hydroxylation sites is 1. The Hall–Kier alpha value is -3.05. The van der Waals surface area contributed by atoms with Crippen molar-refractivity contribution in [3.05, 3.63) is 117 Å². The van der Waals surface area contributed by atoms with E-state index >= 15 is 0 Å². The number of hydrogen-bond acceptors (Lipinski definition) is 1. The molecule has 0 saturated heterocycles. The fourth-order valence-corrected chi connectivity index (χ4v) is 7.29. The Balaban J connectivity index is 0.00000264. The molecule has 3 aromatic carbocycles. The molecule has 236 valence electrons. The van der Waals surface area contributed by atoms with Crippen molar-refractivity contribution in [3.63, 3.8) is 0 Å². The molecule has 0 amide bonds. The van der Waals surface area contributed by atoms with Gasteiger partial charge in [0.2, 0.25) is 6.33 Å². The molecular formula is C38H50Cl2N4. The van der Waals surface area contributed by atoms with Crippen molar-refractivity contribution in [2.75, 3.05) is 11.6 Å². The van der Waals surface area contributed by atoms with Crippen LogP contribution >= 0.6 is 0 Å². The van der Waals surface area contributed by atoms with Crippen LogP contribution in [0.15, 0.2) is 72.6 Å². The van der Waals surface area contributed by atoms with E-state index in [0.29, 0.717) is 11.8 Å². The number of halogens is 2. The predicted octanol–water partition coefficient (Wildman–Crippen LogP) is 1.80. The van der Waals surface area contributed by atoms with E-state index < -0.39 is 0 Å². The van der Waals surface area contributed by atoms with E-state index in [-0.39, 0.29) is 24.8 Å². The van der Waals surface area contributed by atoms with Crippen molar-refractivity contribution in [2.45, 2.75) is 94.5 Å². The second kappa shape index (κ2) is 13.9. The smallest absolute Gasteiger partial charge is 0.249 e. The Morgan fingerprint density at radius 1 is 0.727 bits per heavy atom. The highest BCUT2D eigenvalue weighted by Crippen LogP contribution is 2.33. The van der Waals surface area contributed by atoms with Gasteiger partial charge < -0.3 is 24.8 Å². The molecule has 6 heteroatoms. The van der Waals surface area contributed by atoms with E-state index in [1.165, 1.54) is 77.9 Å². The number of quaternary nitrogens is 1. The Morgan fingerprint density at radius 3 is 1.73 bits per heavy atom. The van der Waals surface area contributed by atoms with Gasteiger partial charge in [-0.05, 0) is 64.5 Å². The lowest BCUT2D eigenvalue weighted by atomic mass is 9.92. The fraction of sp³-hybridized carbons (Fsp3) is 0.395. The largest absolute Gasteiger partial charge is 1.00 e. The van der Waals surface area contributed by atoms with Crippen molar-refractivity contribution in [1.29, 1.82) is 0 Å². The van der Waals surface area contributed by atoms with Crippen molar-refractivity contribution in [3.8, 4) is 5.69 Å². The van der Waals surface area contributed by atoms with Crippen molar-refractivity contribution < 1.29 is 34.3 Å². The molecule has 0 spiro atoms. The predicted molar refractivity (Wildman–Crippen MR) is 176 cm³/mol. The molecule has 0 radical (unpaired) electrons. The second-order valence-electron chi connectivity index (χ2n) is 13.2. The topological polar surface area (TPSA) is 16.5 Å². The second-order valence-corrected chi connectivity index (χ2v) is 13.2. The van der Waals surface area contributed by atoms with Gasteiger partial charge >= 0.3 is 0 Å². The van der Waals surface area contributed by atoms with Gasteiger partial charge in [0.05, 0.1) is 5.69 Å². The standard InChI is InChI=1S/C38H49N4.2ClH/c1-24(2)33-13-12-14-34(25(3)4)38(33)40-16-15-39(22-40)21-35-32(11)41(36-28(7)17-26(5)18-29(36)8)23-42(35)37-30(9)19-27(6)20-31(37)10;;/h12-20,22,24-25H,21,23H2,1-11H3;2*1H/q+1;;/p-1. The summed E-state index contributed by atoms with van der Waals surface area (Å²) in [6, 6.07) is 16.1. The van der Waals surface area contributed by atoms with Gasteiger partial charge in [-0.2, -0.15) is 0 Å². The van der Waals surface area contributed by atoms with Crippen LogP contribution < -0.4 is 39.2 Å². The van der Waals surface area contributed by atoms with E-state index in [4.69, 9.17) is 0 Å². The van der Waals surface area contributed by atoms with Crippen LogP contribution in [0.1, 0.15) is 91.0 Å². The summed E-state index contributed by atoms with van der Waals surface area (Å²) >= 11 is 0. The molecule has 44 heavy (non-hydrogen) atoms. The van der Waals surface area contributed by atoms with Crippen LogP contribution in [0.5, 0.6) is 0 Å². The lowest BCUT2D eigenvalue weighted by Gasteiger charge is -2.25. The molecule has 0 fully saturated rings. The number of allylic oxidation sites excluding steroid dienone is 2. The molecular weight excluding hydrogens is 583 g/mol. The molecule has 0 saturated carbocycles. The van der Waals surface area contributed by atoms with Crippen molar-refractivity contribution in [2.24, 2.45) is 0 Å². The van der Waals surface area contributed by atoms with Crippen LogP contribution in [0.25, 0.3) is 5.69 Å². The molecule has 5 rings (SSSR count). The zero-order valence-corrected chi connectivity index (χ0v) is 30.0. The molecule has 1 aliphatic rings. The third-order valence-corrected chi connectivity index (χ3v) is 9.04. The number of anilines is 1. The first-order chi connectivity index (χ1) is 19.9. The first-order valence-electron chi connectivity index (χ1n) is 15.6. The van der Waals surface area contributed by atoms with E-state index in [0.717, 1.165) is 13.2 Å². The minimum Gasteiger partial charge on any atom is -1.00 e. The highest BCUT2D eigenvalue weighted by Gasteiger charge is 2.37. The van der Waals surface area contributed by atoms with Gasteiger partial charge in [0.25, 0.3) is 0 Å². The molecule has 2 heterocycles. The number of nitrogens with zero attached hydrogens (tertiary/aromatic N) is 3. The summed E-state index contributed by atoms with van der Waals surface area (Å²) in [6.45, 7) is 26.7. The quantitative estimate of drug-likeness (QED) is 0.308. The summed E-state index contributed by atoms with van der Waals surface area (Å²) in [5.74, 6) is 0.908. The number of rotatable bonds is 7. The monoisotopic (exact) mass is 632 g/mol. The molecule has 1 N–H and O–H groups in total. The molecule has 1 aromatic heterocycles. The lowest BCUT2D eigenvalue weighted by molar-refractivity contribution is -0.783. The van der Waals surface area contributed by atoms with Crippen LogP contribution in [0.4, 0.5) is 11.4 Å². The third-order valence-electron chi connectivity index (χ3n) is 9.04.